The Labute approximate surface area is 165 Å². The third-order valence-corrected chi connectivity index (χ3v) is 4.95. The maximum Gasteiger partial charge on any atom is 0.252 e. The van der Waals surface area contributed by atoms with Crippen LogP contribution in [0.5, 0.6) is 0 Å². The maximum absolute atomic E-state index is 13.0. The molecule has 2 aromatic rings. The second-order valence-electron chi connectivity index (χ2n) is 7.94. The lowest BCUT2D eigenvalue weighted by Crippen LogP contribution is -2.49. The molecule has 6 nitrogen and oxygen atoms in total. The van der Waals surface area contributed by atoms with E-state index in [0.717, 1.165) is 17.7 Å². The molecule has 1 aliphatic rings. The van der Waals surface area contributed by atoms with Gasteiger partial charge in [-0.2, -0.15) is 0 Å². The van der Waals surface area contributed by atoms with E-state index in [1.807, 2.05) is 45.0 Å². The number of nitrogens with one attached hydrogen (secondary N) is 2. The van der Waals surface area contributed by atoms with Gasteiger partial charge in [-0.25, -0.2) is 0 Å². The number of aromatic amines is 1. The van der Waals surface area contributed by atoms with Crippen LogP contribution in [0.15, 0.2) is 41.2 Å². The van der Waals surface area contributed by atoms with Gasteiger partial charge in [0.25, 0.3) is 5.91 Å². The van der Waals surface area contributed by atoms with Crippen molar-refractivity contribution in [1.82, 2.24) is 10.3 Å². The van der Waals surface area contributed by atoms with Crippen LogP contribution in [-0.2, 0) is 17.6 Å². The molecule has 0 radical (unpaired) electrons. The lowest BCUT2D eigenvalue weighted by Gasteiger charge is -2.26. The van der Waals surface area contributed by atoms with Crippen molar-refractivity contribution in [1.29, 1.82) is 0 Å². The van der Waals surface area contributed by atoms with Crippen LogP contribution in [0.2, 0.25) is 0 Å². The van der Waals surface area contributed by atoms with Crippen LogP contribution in [0.25, 0.3) is 0 Å². The SMILES string of the molecule is CC(C)Cc1cc(C(=O)NC(C)C(=O)N2c3ccccc3CC2C)cc(=O)[nH]1. The Kier molecular flexibility index (Phi) is 5.68. The molecule has 2 amide bonds. The minimum atomic E-state index is -0.700. The molecule has 2 N–H and O–H groups in total. The molecule has 3 rings (SSSR count). The number of carbonyl (C=O) groups is 2. The zero-order valence-corrected chi connectivity index (χ0v) is 16.8. The highest BCUT2D eigenvalue weighted by Gasteiger charge is 2.33. The average molecular weight is 381 g/mol. The summed E-state index contributed by atoms with van der Waals surface area (Å²) in [5.74, 6) is -0.221. The summed E-state index contributed by atoms with van der Waals surface area (Å²) in [6.45, 7) is 7.76. The van der Waals surface area contributed by atoms with Gasteiger partial charge in [0.05, 0.1) is 0 Å². The van der Waals surface area contributed by atoms with Crippen LogP contribution in [0, 0.1) is 5.92 Å². The lowest BCUT2D eigenvalue weighted by atomic mass is 10.1. The number of pyridine rings is 1. The number of fused-ring (bicyclic) bond motifs is 1. The highest BCUT2D eigenvalue weighted by Crippen LogP contribution is 2.32. The molecule has 0 spiro atoms. The second kappa shape index (κ2) is 8.00. The molecular formula is C22H27N3O3. The molecule has 0 fully saturated rings. The summed E-state index contributed by atoms with van der Waals surface area (Å²) in [6.07, 6.45) is 1.47. The summed E-state index contributed by atoms with van der Waals surface area (Å²) in [5, 5.41) is 2.75. The van der Waals surface area contributed by atoms with Crippen molar-refractivity contribution < 1.29 is 9.59 Å². The van der Waals surface area contributed by atoms with Gasteiger partial charge in [0.1, 0.15) is 6.04 Å². The van der Waals surface area contributed by atoms with Gasteiger partial charge in [0.2, 0.25) is 11.5 Å². The van der Waals surface area contributed by atoms with Gasteiger partial charge in [0, 0.05) is 29.1 Å². The molecule has 2 unspecified atom stereocenters. The standard InChI is InChI=1S/C22H27N3O3/c1-13(2)9-18-11-17(12-20(26)24-18)21(27)23-15(4)22(28)25-14(3)10-16-7-5-6-8-19(16)25/h5-8,11-15H,9-10H2,1-4H3,(H,23,27)(H,24,26). The second-order valence-corrected chi connectivity index (χ2v) is 7.94. The summed E-state index contributed by atoms with van der Waals surface area (Å²) in [7, 11) is 0. The predicted octanol–water partition coefficient (Wildman–Crippen LogP) is 2.67. The van der Waals surface area contributed by atoms with E-state index in [1.54, 1.807) is 17.9 Å². The van der Waals surface area contributed by atoms with Crippen LogP contribution in [0.3, 0.4) is 0 Å². The Bertz CT molecular complexity index is 948. The number of amides is 2. The maximum atomic E-state index is 13.0. The van der Waals surface area contributed by atoms with Crippen LogP contribution in [-0.4, -0.2) is 28.9 Å². The number of para-hydroxylation sites is 1. The normalized spacial score (nSPS) is 16.8. The van der Waals surface area contributed by atoms with E-state index in [2.05, 4.69) is 10.3 Å². The Morgan fingerprint density at radius 3 is 2.64 bits per heavy atom. The van der Waals surface area contributed by atoms with E-state index in [0.29, 0.717) is 18.0 Å². The Morgan fingerprint density at radius 2 is 1.93 bits per heavy atom. The molecule has 2 heterocycles. The summed E-state index contributed by atoms with van der Waals surface area (Å²) in [4.78, 5) is 42.1. The third kappa shape index (κ3) is 4.16. The molecule has 2 atom stereocenters. The molecule has 28 heavy (non-hydrogen) atoms. The summed E-state index contributed by atoms with van der Waals surface area (Å²) in [5.41, 5.74) is 2.71. The van der Waals surface area contributed by atoms with Crippen molar-refractivity contribution in [3.05, 3.63) is 63.6 Å². The molecule has 1 aliphatic heterocycles. The van der Waals surface area contributed by atoms with Crippen molar-refractivity contribution in [2.24, 2.45) is 5.92 Å². The lowest BCUT2D eigenvalue weighted by molar-refractivity contribution is -0.120. The quantitative estimate of drug-likeness (QED) is 0.835. The highest BCUT2D eigenvalue weighted by atomic mass is 16.2. The largest absolute Gasteiger partial charge is 0.341 e. The number of carbonyl (C=O) groups excluding carboxylic acids is 2. The van der Waals surface area contributed by atoms with Crippen molar-refractivity contribution in [3.8, 4) is 0 Å². The third-order valence-electron chi connectivity index (χ3n) is 4.95. The van der Waals surface area contributed by atoms with Crippen LogP contribution < -0.4 is 15.8 Å². The Morgan fingerprint density at radius 1 is 1.21 bits per heavy atom. The van der Waals surface area contributed by atoms with Gasteiger partial charge in [-0.3, -0.25) is 14.4 Å². The van der Waals surface area contributed by atoms with Crippen molar-refractivity contribution in [2.75, 3.05) is 4.90 Å². The van der Waals surface area contributed by atoms with E-state index in [1.165, 1.54) is 6.07 Å². The average Bonchev–Trinajstić information content (AvgIpc) is 2.95. The zero-order chi connectivity index (χ0) is 20.4. The van der Waals surface area contributed by atoms with Gasteiger partial charge in [-0.05, 0) is 50.3 Å². The van der Waals surface area contributed by atoms with Crippen LogP contribution in [0.4, 0.5) is 5.69 Å². The first-order valence-corrected chi connectivity index (χ1v) is 9.71. The first-order chi connectivity index (χ1) is 13.3. The van der Waals surface area contributed by atoms with Crippen molar-refractivity contribution in [3.63, 3.8) is 0 Å². The fourth-order valence-corrected chi connectivity index (χ4v) is 3.73. The van der Waals surface area contributed by atoms with Gasteiger partial charge < -0.3 is 15.2 Å². The van der Waals surface area contributed by atoms with E-state index in [9.17, 15) is 14.4 Å². The van der Waals surface area contributed by atoms with E-state index < -0.39 is 11.9 Å². The molecular weight excluding hydrogens is 354 g/mol. The first kappa shape index (κ1) is 19.9. The number of nitrogens with zero attached hydrogens (tertiary/aromatic N) is 1. The highest BCUT2D eigenvalue weighted by molar-refractivity contribution is 6.03. The van der Waals surface area contributed by atoms with Crippen molar-refractivity contribution in [2.45, 2.75) is 52.6 Å². The topological polar surface area (TPSA) is 82.3 Å². The number of anilines is 1. The van der Waals surface area contributed by atoms with Crippen LogP contribution >= 0.6 is 0 Å². The van der Waals surface area contributed by atoms with E-state index in [-0.39, 0.29) is 23.1 Å². The minimum absolute atomic E-state index is 0.0430. The number of aromatic nitrogens is 1. The van der Waals surface area contributed by atoms with E-state index >= 15 is 0 Å². The number of hydrogen-bond donors (Lipinski definition) is 2. The van der Waals surface area contributed by atoms with Crippen LogP contribution in [0.1, 0.15) is 49.3 Å². The number of rotatable bonds is 5. The van der Waals surface area contributed by atoms with Crippen molar-refractivity contribution >= 4 is 17.5 Å². The summed E-state index contributed by atoms with van der Waals surface area (Å²) in [6, 6.07) is 10.1. The van der Waals surface area contributed by atoms with Gasteiger partial charge >= 0.3 is 0 Å². The number of benzene rings is 1. The minimum Gasteiger partial charge on any atom is -0.341 e. The fourth-order valence-electron chi connectivity index (χ4n) is 3.73. The molecule has 1 aromatic carbocycles. The predicted molar refractivity (Wildman–Crippen MR) is 110 cm³/mol. The molecule has 0 saturated heterocycles. The zero-order valence-electron chi connectivity index (χ0n) is 16.8. The Hall–Kier alpha value is -2.89. The first-order valence-electron chi connectivity index (χ1n) is 9.71. The molecule has 6 heteroatoms. The molecule has 0 bridgehead atoms. The molecule has 0 aliphatic carbocycles. The smallest absolute Gasteiger partial charge is 0.252 e. The molecule has 148 valence electrons. The summed E-state index contributed by atoms with van der Waals surface area (Å²) < 4.78 is 0. The molecule has 1 aromatic heterocycles. The molecule has 0 saturated carbocycles. The van der Waals surface area contributed by atoms with Gasteiger partial charge in [-0.15, -0.1) is 0 Å². The fraction of sp³-hybridized carbons (Fsp3) is 0.409. The monoisotopic (exact) mass is 381 g/mol. The Balaban J connectivity index is 1.75. The number of H-pyrrole nitrogens is 1. The van der Waals surface area contributed by atoms with E-state index in [4.69, 9.17) is 0 Å². The van der Waals surface area contributed by atoms with Gasteiger partial charge in [0.15, 0.2) is 0 Å². The van der Waals surface area contributed by atoms with Gasteiger partial charge in [-0.1, -0.05) is 32.0 Å². The number of hydrogen-bond acceptors (Lipinski definition) is 3. The summed E-state index contributed by atoms with van der Waals surface area (Å²) >= 11 is 0.